The first-order valence-electron chi connectivity index (χ1n) is 5.03. The molecule has 1 aliphatic rings. The molecule has 1 heterocycles. The number of aliphatic hydroxyl groups excluding tert-OH is 1. The lowest BCUT2D eigenvalue weighted by Gasteiger charge is -2.26. The lowest BCUT2D eigenvalue weighted by molar-refractivity contribution is -0.134. The van der Waals surface area contributed by atoms with Crippen molar-refractivity contribution < 1.29 is 14.7 Å². The predicted molar refractivity (Wildman–Crippen MR) is 54.0 cm³/mol. The highest BCUT2D eigenvalue weighted by molar-refractivity contribution is 5.86. The summed E-state index contributed by atoms with van der Waals surface area (Å²) in [5, 5.41) is 11.4. The van der Waals surface area contributed by atoms with E-state index in [-0.39, 0.29) is 18.6 Å². The third kappa shape index (κ3) is 2.82. The van der Waals surface area contributed by atoms with Gasteiger partial charge in [-0.25, -0.2) is 4.79 Å². The van der Waals surface area contributed by atoms with E-state index in [1.807, 2.05) is 0 Å². The van der Waals surface area contributed by atoms with Crippen LogP contribution >= 0.6 is 0 Å². The maximum absolute atomic E-state index is 11.8. The largest absolute Gasteiger partial charge is 0.394 e. The molecule has 2 unspecified atom stereocenters. The van der Waals surface area contributed by atoms with Crippen molar-refractivity contribution in [3.05, 3.63) is 0 Å². The highest BCUT2D eigenvalue weighted by Crippen LogP contribution is 2.17. The summed E-state index contributed by atoms with van der Waals surface area (Å²) in [5.74, 6) is -0.189. The Morgan fingerprint density at radius 3 is 2.87 bits per heavy atom. The Hall–Kier alpha value is -1.30. The van der Waals surface area contributed by atoms with Gasteiger partial charge in [-0.2, -0.15) is 0 Å². The molecule has 86 valence electrons. The summed E-state index contributed by atoms with van der Waals surface area (Å²) in [4.78, 5) is 24.0. The van der Waals surface area contributed by atoms with E-state index >= 15 is 0 Å². The number of rotatable bonds is 3. The zero-order chi connectivity index (χ0) is 11.4. The SMILES string of the molecule is CC(NC(N)=O)C(=O)N1CCCC1CO. The molecule has 0 radical (unpaired) electrons. The molecule has 0 aromatic heterocycles. The van der Waals surface area contributed by atoms with Crippen molar-refractivity contribution in [3.63, 3.8) is 0 Å². The van der Waals surface area contributed by atoms with E-state index in [0.29, 0.717) is 6.54 Å². The van der Waals surface area contributed by atoms with Gasteiger partial charge in [-0.3, -0.25) is 4.79 Å². The van der Waals surface area contributed by atoms with Crippen molar-refractivity contribution >= 4 is 11.9 Å². The molecular formula is C9H17N3O3. The van der Waals surface area contributed by atoms with Crippen LogP contribution in [0, 0.1) is 0 Å². The second-order valence-electron chi connectivity index (χ2n) is 3.74. The average molecular weight is 215 g/mol. The lowest BCUT2D eigenvalue weighted by atomic mass is 10.2. The molecule has 6 heteroatoms. The van der Waals surface area contributed by atoms with Gasteiger partial charge in [0.05, 0.1) is 12.6 Å². The van der Waals surface area contributed by atoms with Gasteiger partial charge in [0.1, 0.15) is 6.04 Å². The van der Waals surface area contributed by atoms with Crippen LogP contribution in [0.2, 0.25) is 0 Å². The van der Waals surface area contributed by atoms with Crippen LogP contribution in [-0.2, 0) is 4.79 Å². The van der Waals surface area contributed by atoms with Crippen molar-refractivity contribution in [2.45, 2.75) is 31.8 Å². The number of carbonyl (C=O) groups is 2. The molecule has 0 saturated carbocycles. The molecular weight excluding hydrogens is 198 g/mol. The number of likely N-dealkylation sites (tertiary alicyclic amines) is 1. The normalized spacial score (nSPS) is 22.5. The number of hydrogen-bond acceptors (Lipinski definition) is 3. The maximum Gasteiger partial charge on any atom is 0.312 e. The molecule has 1 saturated heterocycles. The minimum atomic E-state index is -0.712. The molecule has 6 nitrogen and oxygen atoms in total. The quantitative estimate of drug-likeness (QED) is 0.565. The number of primary amides is 1. The lowest BCUT2D eigenvalue weighted by Crippen LogP contribution is -2.50. The van der Waals surface area contributed by atoms with Gasteiger partial charge in [-0.1, -0.05) is 0 Å². The molecule has 0 spiro atoms. The zero-order valence-electron chi connectivity index (χ0n) is 8.77. The third-order valence-electron chi connectivity index (χ3n) is 2.60. The molecule has 3 amide bonds. The van der Waals surface area contributed by atoms with Crippen molar-refractivity contribution in [2.24, 2.45) is 5.73 Å². The number of hydrogen-bond donors (Lipinski definition) is 3. The molecule has 0 aromatic carbocycles. The summed E-state index contributed by atoms with van der Waals surface area (Å²) in [6.45, 7) is 2.18. The molecule has 0 bridgehead atoms. The standard InChI is InChI=1S/C9H17N3O3/c1-6(11-9(10)15)8(14)12-4-2-3-7(12)5-13/h6-7,13H,2-5H2,1H3,(H3,10,11,15). The van der Waals surface area contributed by atoms with Crippen LogP contribution in [0.1, 0.15) is 19.8 Å². The van der Waals surface area contributed by atoms with Crippen molar-refractivity contribution in [1.82, 2.24) is 10.2 Å². The summed E-state index contributed by atoms with van der Waals surface area (Å²) < 4.78 is 0. The van der Waals surface area contributed by atoms with Gasteiger partial charge in [-0.15, -0.1) is 0 Å². The fourth-order valence-corrected chi connectivity index (χ4v) is 1.84. The Bertz CT molecular complexity index is 257. The van der Waals surface area contributed by atoms with Crippen LogP contribution in [0.5, 0.6) is 0 Å². The van der Waals surface area contributed by atoms with Gasteiger partial charge in [0.25, 0.3) is 0 Å². The minimum absolute atomic E-state index is 0.0327. The summed E-state index contributed by atoms with van der Waals surface area (Å²) in [6, 6.07) is -1.46. The van der Waals surface area contributed by atoms with E-state index in [9.17, 15) is 9.59 Å². The van der Waals surface area contributed by atoms with Crippen molar-refractivity contribution in [1.29, 1.82) is 0 Å². The number of urea groups is 1. The number of amides is 3. The average Bonchev–Trinajstić information content (AvgIpc) is 2.62. The number of nitrogens with one attached hydrogen (secondary N) is 1. The first kappa shape index (κ1) is 11.8. The molecule has 15 heavy (non-hydrogen) atoms. The first-order chi connectivity index (χ1) is 7.06. The van der Waals surface area contributed by atoms with Gasteiger partial charge in [0.2, 0.25) is 5.91 Å². The molecule has 0 aliphatic carbocycles. The highest BCUT2D eigenvalue weighted by atomic mass is 16.3. The molecule has 4 N–H and O–H groups in total. The van der Waals surface area contributed by atoms with Gasteiger partial charge >= 0.3 is 6.03 Å². The highest BCUT2D eigenvalue weighted by Gasteiger charge is 2.31. The minimum Gasteiger partial charge on any atom is -0.394 e. The maximum atomic E-state index is 11.8. The summed E-state index contributed by atoms with van der Waals surface area (Å²) >= 11 is 0. The van der Waals surface area contributed by atoms with E-state index in [4.69, 9.17) is 10.8 Å². The monoisotopic (exact) mass is 215 g/mol. The second-order valence-corrected chi connectivity index (χ2v) is 3.74. The van der Waals surface area contributed by atoms with Crippen LogP contribution in [0.4, 0.5) is 4.79 Å². The Morgan fingerprint density at radius 1 is 1.67 bits per heavy atom. The third-order valence-corrected chi connectivity index (χ3v) is 2.60. The Kier molecular flexibility index (Phi) is 3.90. The van der Waals surface area contributed by atoms with Gasteiger partial charge < -0.3 is 21.1 Å². The Morgan fingerprint density at radius 2 is 2.33 bits per heavy atom. The fraction of sp³-hybridized carbons (Fsp3) is 0.778. The van der Waals surface area contributed by atoms with Gasteiger partial charge in [0, 0.05) is 6.54 Å². The number of nitrogens with zero attached hydrogens (tertiary/aromatic N) is 1. The van der Waals surface area contributed by atoms with Crippen molar-refractivity contribution in [3.8, 4) is 0 Å². The van der Waals surface area contributed by atoms with Crippen LogP contribution in [0.3, 0.4) is 0 Å². The smallest absolute Gasteiger partial charge is 0.312 e. The summed E-state index contributed by atoms with van der Waals surface area (Å²) in [5.41, 5.74) is 4.93. The molecule has 1 rings (SSSR count). The fourth-order valence-electron chi connectivity index (χ4n) is 1.84. The van der Waals surface area contributed by atoms with Crippen LogP contribution in [-0.4, -0.2) is 47.2 Å². The van der Waals surface area contributed by atoms with Gasteiger partial charge in [-0.05, 0) is 19.8 Å². The van der Waals surface area contributed by atoms with Crippen molar-refractivity contribution in [2.75, 3.05) is 13.2 Å². The number of nitrogens with two attached hydrogens (primary N) is 1. The topological polar surface area (TPSA) is 95.7 Å². The van der Waals surface area contributed by atoms with Crippen LogP contribution in [0.15, 0.2) is 0 Å². The summed E-state index contributed by atoms with van der Waals surface area (Å²) in [6.07, 6.45) is 1.70. The van der Waals surface area contributed by atoms with E-state index in [2.05, 4.69) is 5.32 Å². The van der Waals surface area contributed by atoms with E-state index in [1.165, 1.54) is 0 Å². The van der Waals surface area contributed by atoms with Crippen LogP contribution < -0.4 is 11.1 Å². The Labute approximate surface area is 88.4 Å². The Balaban J connectivity index is 2.55. The predicted octanol–water partition coefficient (Wildman–Crippen LogP) is -0.973. The number of carbonyl (C=O) groups excluding carboxylic acids is 2. The molecule has 0 aromatic rings. The zero-order valence-corrected chi connectivity index (χ0v) is 8.77. The number of aliphatic hydroxyl groups is 1. The van der Waals surface area contributed by atoms with Crippen LogP contribution in [0.25, 0.3) is 0 Å². The molecule has 2 atom stereocenters. The molecule has 1 fully saturated rings. The molecule has 1 aliphatic heterocycles. The first-order valence-corrected chi connectivity index (χ1v) is 5.03. The van der Waals surface area contributed by atoms with Gasteiger partial charge in [0.15, 0.2) is 0 Å². The van der Waals surface area contributed by atoms with E-state index in [0.717, 1.165) is 12.8 Å². The summed E-state index contributed by atoms with van der Waals surface area (Å²) in [7, 11) is 0. The van der Waals surface area contributed by atoms with E-state index in [1.54, 1.807) is 11.8 Å². The van der Waals surface area contributed by atoms with E-state index < -0.39 is 12.1 Å². The second kappa shape index (κ2) is 4.97.